The molecule has 0 aliphatic carbocycles. The first-order valence-corrected chi connectivity index (χ1v) is 7.60. The van der Waals surface area contributed by atoms with Crippen molar-refractivity contribution in [3.05, 3.63) is 29.3 Å². The van der Waals surface area contributed by atoms with Crippen molar-refractivity contribution in [2.75, 3.05) is 18.4 Å². The molecule has 20 heavy (non-hydrogen) atoms. The molecule has 2 rings (SSSR count). The van der Waals surface area contributed by atoms with Crippen LogP contribution in [0.5, 0.6) is 0 Å². The second-order valence-corrected chi connectivity index (χ2v) is 6.17. The molecule has 1 N–H and O–H groups in total. The molecule has 1 fully saturated rings. The number of hydrogen-bond acceptors (Lipinski definition) is 2. The molecule has 0 spiro atoms. The molecule has 1 saturated heterocycles. The van der Waals surface area contributed by atoms with Gasteiger partial charge in [-0.15, -0.1) is 0 Å². The van der Waals surface area contributed by atoms with Gasteiger partial charge >= 0.3 is 0 Å². The number of carbonyl (C=O) groups excluding carboxylic acids is 1. The van der Waals surface area contributed by atoms with Crippen LogP contribution in [0.3, 0.4) is 0 Å². The molecule has 0 saturated carbocycles. The highest BCUT2D eigenvalue weighted by atomic mass is 16.2. The van der Waals surface area contributed by atoms with E-state index in [-0.39, 0.29) is 11.9 Å². The zero-order chi connectivity index (χ0) is 14.7. The Kier molecular flexibility index (Phi) is 4.81. The molecule has 1 aromatic carbocycles. The molecule has 1 aliphatic heterocycles. The van der Waals surface area contributed by atoms with Crippen molar-refractivity contribution in [1.82, 2.24) is 4.90 Å². The van der Waals surface area contributed by atoms with E-state index in [1.54, 1.807) is 0 Å². The first-order chi connectivity index (χ1) is 9.49. The van der Waals surface area contributed by atoms with Gasteiger partial charge in [0.15, 0.2) is 0 Å². The Hall–Kier alpha value is -1.35. The Labute approximate surface area is 122 Å². The van der Waals surface area contributed by atoms with Gasteiger partial charge in [0.25, 0.3) is 0 Å². The van der Waals surface area contributed by atoms with E-state index in [1.807, 2.05) is 39.0 Å². The molecular weight excluding hydrogens is 248 g/mol. The fourth-order valence-electron chi connectivity index (χ4n) is 2.98. The van der Waals surface area contributed by atoms with Crippen molar-refractivity contribution in [2.24, 2.45) is 5.92 Å². The van der Waals surface area contributed by atoms with E-state index in [0.717, 1.165) is 29.9 Å². The molecule has 2 unspecified atom stereocenters. The molecule has 1 aliphatic rings. The number of likely N-dealkylation sites (tertiary alicyclic amines) is 1. The number of amides is 1. The quantitative estimate of drug-likeness (QED) is 0.916. The van der Waals surface area contributed by atoms with Crippen molar-refractivity contribution in [1.29, 1.82) is 0 Å². The number of hydrogen-bond donors (Lipinski definition) is 1. The van der Waals surface area contributed by atoms with Crippen molar-refractivity contribution < 1.29 is 4.79 Å². The molecule has 110 valence electrons. The largest absolute Gasteiger partial charge is 0.324 e. The summed E-state index contributed by atoms with van der Waals surface area (Å²) in [5.41, 5.74) is 3.21. The van der Waals surface area contributed by atoms with Gasteiger partial charge in [0, 0.05) is 12.2 Å². The number of benzene rings is 1. The molecule has 2 atom stereocenters. The smallest absolute Gasteiger partial charge is 0.241 e. The summed E-state index contributed by atoms with van der Waals surface area (Å²) in [6.45, 7) is 10.4. The lowest BCUT2D eigenvalue weighted by Gasteiger charge is -2.34. The maximum Gasteiger partial charge on any atom is 0.241 e. The highest BCUT2D eigenvalue weighted by Gasteiger charge is 2.26. The molecule has 0 radical (unpaired) electrons. The molecule has 3 nitrogen and oxygen atoms in total. The molecule has 1 amide bonds. The molecule has 0 aromatic heterocycles. The van der Waals surface area contributed by atoms with Crippen molar-refractivity contribution >= 4 is 11.6 Å². The van der Waals surface area contributed by atoms with E-state index in [4.69, 9.17) is 0 Å². The fraction of sp³-hybridized carbons (Fsp3) is 0.588. The number of carbonyl (C=O) groups is 1. The summed E-state index contributed by atoms with van der Waals surface area (Å²) in [5.74, 6) is 0.802. The molecular formula is C17H26N2O. The normalized spacial score (nSPS) is 21.5. The summed E-state index contributed by atoms with van der Waals surface area (Å²) in [5, 5.41) is 3.11. The van der Waals surface area contributed by atoms with E-state index < -0.39 is 0 Å². The third kappa shape index (κ3) is 3.40. The SMILES string of the molecule is Cc1cccc(C)c1NC(=O)C(C)N1CCCC(C)C1. The molecule has 0 bridgehead atoms. The lowest BCUT2D eigenvalue weighted by molar-refractivity contribution is -0.121. The lowest BCUT2D eigenvalue weighted by Crippen LogP contribution is -2.46. The zero-order valence-corrected chi connectivity index (χ0v) is 13.1. The van der Waals surface area contributed by atoms with Gasteiger partial charge in [-0.1, -0.05) is 25.1 Å². The van der Waals surface area contributed by atoms with Gasteiger partial charge in [-0.05, 0) is 57.2 Å². The average Bonchev–Trinajstić information content (AvgIpc) is 2.42. The van der Waals surface area contributed by atoms with Crippen molar-refractivity contribution in [3.8, 4) is 0 Å². The number of nitrogens with zero attached hydrogens (tertiary/aromatic N) is 1. The van der Waals surface area contributed by atoms with E-state index in [0.29, 0.717) is 5.92 Å². The van der Waals surface area contributed by atoms with Gasteiger partial charge in [-0.2, -0.15) is 0 Å². The van der Waals surface area contributed by atoms with Crippen molar-refractivity contribution in [2.45, 2.75) is 46.6 Å². The van der Waals surface area contributed by atoms with Crippen molar-refractivity contribution in [3.63, 3.8) is 0 Å². The van der Waals surface area contributed by atoms with Crippen LogP contribution in [0, 0.1) is 19.8 Å². The van der Waals surface area contributed by atoms with Crippen LogP contribution < -0.4 is 5.32 Å². The minimum absolute atomic E-state index is 0.0586. The van der Waals surface area contributed by atoms with Gasteiger partial charge in [0.05, 0.1) is 6.04 Å². The topological polar surface area (TPSA) is 32.3 Å². The summed E-state index contributed by atoms with van der Waals surface area (Å²) < 4.78 is 0. The van der Waals surface area contributed by atoms with E-state index in [2.05, 4.69) is 17.1 Å². The number of para-hydroxylation sites is 1. The standard InChI is InChI=1S/C17H26N2O/c1-12-7-6-10-19(11-12)15(4)17(20)18-16-13(2)8-5-9-14(16)3/h5,8-9,12,15H,6-7,10-11H2,1-4H3,(H,18,20). The molecule has 1 aromatic rings. The van der Waals surface area contributed by atoms with Crippen LogP contribution in [0.4, 0.5) is 5.69 Å². The summed E-state index contributed by atoms with van der Waals surface area (Å²) >= 11 is 0. The summed E-state index contributed by atoms with van der Waals surface area (Å²) in [4.78, 5) is 14.8. The van der Waals surface area contributed by atoms with Crippen LogP contribution in [0.25, 0.3) is 0 Å². The minimum atomic E-state index is -0.0586. The highest BCUT2D eigenvalue weighted by molar-refractivity contribution is 5.95. The van der Waals surface area contributed by atoms with Crippen LogP contribution in [-0.2, 0) is 4.79 Å². The van der Waals surface area contributed by atoms with Crippen LogP contribution in [0.2, 0.25) is 0 Å². The molecule has 1 heterocycles. The number of piperidine rings is 1. The Balaban J connectivity index is 2.04. The Morgan fingerprint density at radius 2 is 2.00 bits per heavy atom. The summed E-state index contributed by atoms with van der Waals surface area (Å²) in [6, 6.07) is 6.04. The predicted molar refractivity (Wildman–Crippen MR) is 84.0 cm³/mol. The van der Waals surface area contributed by atoms with Gasteiger partial charge in [-0.3, -0.25) is 9.69 Å². The number of nitrogens with one attached hydrogen (secondary N) is 1. The second-order valence-electron chi connectivity index (χ2n) is 6.17. The Bertz CT molecular complexity index is 464. The maximum absolute atomic E-state index is 12.5. The third-order valence-electron chi connectivity index (χ3n) is 4.34. The monoisotopic (exact) mass is 274 g/mol. The van der Waals surface area contributed by atoms with Gasteiger partial charge in [-0.25, -0.2) is 0 Å². The summed E-state index contributed by atoms with van der Waals surface area (Å²) in [6.07, 6.45) is 2.48. The maximum atomic E-state index is 12.5. The predicted octanol–water partition coefficient (Wildman–Crippen LogP) is 3.36. The Morgan fingerprint density at radius 3 is 2.60 bits per heavy atom. The van der Waals surface area contributed by atoms with Gasteiger partial charge < -0.3 is 5.32 Å². The van der Waals surface area contributed by atoms with Crippen LogP contribution in [0.1, 0.15) is 37.8 Å². The molecule has 3 heteroatoms. The van der Waals surface area contributed by atoms with E-state index in [1.165, 1.54) is 12.8 Å². The zero-order valence-electron chi connectivity index (χ0n) is 13.1. The third-order valence-corrected chi connectivity index (χ3v) is 4.34. The average molecular weight is 274 g/mol. The number of aryl methyl sites for hydroxylation is 2. The summed E-state index contributed by atoms with van der Waals surface area (Å²) in [7, 11) is 0. The number of rotatable bonds is 3. The van der Waals surface area contributed by atoms with Crippen LogP contribution in [0.15, 0.2) is 18.2 Å². The highest BCUT2D eigenvalue weighted by Crippen LogP contribution is 2.22. The first-order valence-electron chi connectivity index (χ1n) is 7.60. The van der Waals surface area contributed by atoms with E-state index in [9.17, 15) is 4.79 Å². The number of anilines is 1. The van der Waals surface area contributed by atoms with Gasteiger partial charge in [0.1, 0.15) is 0 Å². The van der Waals surface area contributed by atoms with E-state index >= 15 is 0 Å². The second kappa shape index (κ2) is 6.40. The lowest BCUT2D eigenvalue weighted by atomic mass is 9.99. The minimum Gasteiger partial charge on any atom is -0.324 e. The Morgan fingerprint density at radius 1 is 1.35 bits per heavy atom. The fourth-order valence-corrected chi connectivity index (χ4v) is 2.98. The van der Waals surface area contributed by atoms with Gasteiger partial charge in [0.2, 0.25) is 5.91 Å². The van der Waals surface area contributed by atoms with Crippen LogP contribution in [-0.4, -0.2) is 29.9 Å². The van der Waals surface area contributed by atoms with Crippen LogP contribution >= 0.6 is 0 Å². The first kappa shape index (κ1) is 15.0.